The van der Waals surface area contributed by atoms with E-state index in [9.17, 15) is 4.79 Å². The van der Waals surface area contributed by atoms with Gasteiger partial charge in [0.05, 0.1) is 0 Å². The SMILES string of the molecule is CC(N)C(C)C(=O)NCCCN1CCCCC1C. The van der Waals surface area contributed by atoms with E-state index in [1.54, 1.807) is 0 Å². The van der Waals surface area contributed by atoms with Crippen LogP contribution in [0, 0.1) is 5.92 Å². The first-order chi connectivity index (χ1) is 8.52. The van der Waals surface area contributed by atoms with Crippen LogP contribution in [-0.2, 0) is 4.79 Å². The smallest absolute Gasteiger partial charge is 0.224 e. The highest BCUT2D eigenvalue weighted by molar-refractivity contribution is 5.78. The highest BCUT2D eigenvalue weighted by Gasteiger charge is 2.18. The monoisotopic (exact) mass is 255 g/mol. The van der Waals surface area contributed by atoms with Crippen molar-refractivity contribution in [2.75, 3.05) is 19.6 Å². The fourth-order valence-electron chi connectivity index (χ4n) is 2.38. The van der Waals surface area contributed by atoms with E-state index in [0.29, 0.717) is 6.04 Å². The lowest BCUT2D eigenvalue weighted by Gasteiger charge is -2.33. The predicted molar refractivity (Wildman–Crippen MR) is 75.3 cm³/mol. The summed E-state index contributed by atoms with van der Waals surface area (Å²) in [6.07, 6.45) is 5.02. The predicted octanol–water partition coefficient (Wildman–Crippen LogP) is 1.35. The number of nitrogens with two attached hydrogens (primary N) is 1. The summed E-state index contributed by atoms with van der Waals surface area (Å²) in [6, 6.07) is 0.629. The van der Waals surface area contributed by atoms with Gasteiger partial charge in [-0.25, -0.2) is 0 Å². The van der Waals surface area contributed by atoms with Crippen LogP contribution < -0.4 is 11.1 Å². The van der Waals surface area contributed by atoms with Gasteiger partial charge in [0, 0.05) is 31.1 Å². The molecule has 1 aliphatic rings. The molecular formula is C14H29N3O. The molecule has 106 valence electrons. The van der Waals surface area contributed by atoms with Crippen LogP contribution in [0.3, 0.4) is 0 Å². The standard InChI is InChI=1S/C14H29N3O/c1-11-7-4-5-9-17(11)10-6-8-16-14(18)12(2)13(3)15/h11-13H,4-10,15H2,1-3H3,(H,16,18). The number of likely N-dealkylation sites (tertiary alicyclic amines) is 1. The zero-order valence-electron chi connectivity index (χ0n) is 12.1. The lowest BCUT2D eigenvalue weighted by atomic mass is 10.0. The van der Waals surface area contributed by atoms with Gasteiger partial charge in [-0.3, -0.25) is 4.79 Å². The summed E-state index contributed by atoms with van der Waals surface area (Å²) < 4.78 is 0. The van der Waals surface area contributed by atoms with Gasteiger partial charge < -0.3 is 16.0 Å². The van der Waals surface area contributed by atoms with Crippen molar-refractivity contribution in [2.45, 2.75) is 58.5 Å². The van der Waals surface area contributed by atoms with E-state index in [0.717, 1.165) is 19.5 Å². The summed E-state index contributed by atoms with van der Waals surface area (Å²) in [5.74, 6) is -0.0180. The number of carbonyl (C=O) groups is 1. The lowest BCUT2D eigenvalue weighted by Crippen LogP contribution is -2.41. The molecule has 1 amide bonds. The van der Waals surface area contributed by atoms with Crippen molar-refractivity contribution in [3.05, 3.63) is 0 Å². The Labute approximate surface area is 111 Å². The van der Waals surface area contributed by atoms with Crippen LogP contribution >= 0.6 is 0 Å². The van der Waals surface area contributed by atoms with Crippen LogP contribution in [0.15, 0.2) is 0 Å². The Morgan fingerprint density at radius 3 is 2.78 bits per heavy atom. The van der Waals surface area contributed by atoms with E-state index in [-0.39, 0.29) is 17.9 Å². The van der Waals surface area contributed by atoms with Crippen molar-refractivity contribution in [1.29, 1.82) is 0 Å². The van der Waals surface area contributed by atoms with E-state index in [2.05, 4.69) is 17.1 Å². The molecule has 3 N–H and O–H groups in total. The Balaban J connectivity index is 2.12. The topological polar surface area (TPSA) is 58.4 Å². The molecule has 0 aliphatic carbocycles. The van der Waals surface area contributed by atoms with Crippen LogP contribution in [0.25, 0.3) is 0 Å². The van der Waals surface area contributed by atoms with Crippen molar-refractivity contribution in [3.63, 3.8) is 0 Å². The number of carbonyl (C=O) groups excluding carboxylic acids is 1. The maximum absolute atomic E-state index is 11.7. The van der Waals surface area contributed by atoms with Gasteiger partial charge in [0.15, 0.2) is 0 Å². The van der Waals surface area contributed by atoms with E-state index < -0.39 is 0 Å². The first-order valence-corrected chi connectivity index (χ1v) is 7.29. The summed E-state index contributed by atoms with van der Waals surface area (Å²) in [5.41, 5.74) is 5.71. The molecule has 4 nitrogen and oxygen atoms in total. The number of nitrogens with one attached hydrogen (secondary N) is 1. The zero-order chi connectivity index (χ0) is 13.5. The molecule has 1 aliphatic heterocycles. The molecule has 0 aromatic heterocycles. The normalized spacial score (nSPS) is 24.6. The number of hydrogen-bond donors (Lipinski definition) is 2. The van der Waals surface area contributed by atoms with Gasteiger partial charge in [0.2, 0.25) is 5.91 Å². The van der Waals surface area contributed by atoms with Crippen molar-refractivity contribution in [2.24, 2.45) is 11.7 Å². The highest BCUT2D eigenvalue weighted by atomic mass is 16.1. The van der Waals surface area contributed by atoms with Gasteiger partial charge >= 0.3 is 0 Å². The summed E-state index contributed by atoms with van der Waals surface area (Å²) in [4.78, 5) is 14.2. The molecule has 0 spiro atoms. The molecule has 3 atom stereocenters. The van der Waals surface area contributed by atoms with Gasteiger partial charge in [-0.2, -0.15) is 0 Å². The number of hydrogen-bond acceptors (Lipinski definition) is 3. The molecule has 0 saturated carbocycles. The maximum atomic E-state index is 11.7. The van der Waals surface area contributed by atoms with Crippen LogP contribution in [0.4, 0.5) is 0 Å². The third kappa shape index (κ3) is 4.94. The van der Waals surface area contributed by atoms with E-state index >= 15 is 0 Å². The van der Waals surface area contributed by atoms with Gasteiger partial charge in [-0.05, 0) is 39.7 Å². The first kappa shape index (κ1) is 15.4. The van der Waals surface area contributed by atoms with Crippen LogP contribution in [0.5, 0.6) is 0 Å². The van der Waals surface area contributed by atoms with Crippen molar-refractivity contribution in [1.82, 2.24) is 10.2 Å². The molecule has 0 radical (unpaired) electrons. The van der Waals surface area contributed by atoms with Crippen molar-refractivity contribution < 1.29 is 4.79 Å². The fourth-order valence-corrected chi connectivity index (χ4v) is 2.38. The zero-order valence-corrected chi connectivity index (χ0v) is 12.1. The largest absolute Gasteiger partial charge is 0.356 e. The minimum atomic E-state index is -0.0982. The van der Waals surface area contributed by atoms with Crippen molar-refractivity contribution in [3.8, 4) is 0 Å². The van der Waals surface area contributed by atoms with Gasteiger partial charge in [0.25, 0.3) is 0 Å². The number of rotatable bonds is 6. The minimum Gasteiger partial charge on any atom is -0.356 e. The molecule has 0 aromatic carbocycles. The van der Waals surface area contributed by atoms with Gasteiger partial charge in [-0.15, -0.1) is 0 Å². The van der Waals surface area contributed by atoms with Crippen LogP contribution in [0.1, 0.15) is 46.5 Å². The Morgan fingerprint density at radius 1 is 1.44 bits per heavy atom. The van der Waals surface area contributed by atoms with Crippen molar-refractivity contribution >= 4 is 5.91 Å². The minimum absolute atomic E-state index is 0.0767. The van der Waals surface area contributed by atoms with Crippen LogP contribution in [0.2, 0.25) is 0 Å². The first-order valence-electron chi connectivity index (χ1n) is 7.29. The molecule has 1 heterocycles. The van der Waals surface area contributed by atoms with Gasteiger partial charge in [-0.1, -0.05) is 13.3 Å². The summed E-state index contributed by atoms with van der Waals surface area (Å²) >= 11 is 0. The quantitative estimate of drug-likeness (QED) is 0.704. The molecule has 1 rings (SSSR count). The molecule has 3 unspecified atom stereocenters. The number of amides is 1. The molecule has 4 heteroatoms. The van der Waals surface area contributed by atoms with E-state index in [4.69, 9.17) is 5.73 Å². The second-order valence-corrected chi connectivity index (χ2v) is 5.67. The second kappa shape index (κ2) is 7.74. The van der Waals surface area contributed by atoms with Gasteiger partial charge in [0.1, 0.15) is 0 Å². The molecule has 0 aromatic rings. The Morgan fingerprint density at radius 2 is 2.17 bits per heavy atom. The van der Waals surface area contributed by atoms with E-state index in [1.807, 2.05) is 13.8 Å². The van der Waals surface area contributed by atoms with E-state index in [1.165, 1.54) is 25.8 Å². The summed E-state index contributed by atoms with van der Waals surface area (Å²) in [7, 11) is 0. The molecular weight excluding hydrogens is 226 g/mol. The average Bonchev–Trinajstić information content (AvgIpc) is 2.35. The fraction of sp³-hybridized carbons (Fsp3) is 0.929. The second-order valence-electron chi connectivity index (χ2n) is 5.67. The van der Waals surface area contributed by atoms with Crippen LogP contribution in [-0.4, -0.2) is 42.5 Å². The highest BCUT2D eigenvalue weighted by Crippen LogP contribution is 2.16. The molecule has 1 fully saturated rings. The number of piperidine rings is 1. The Kier molecular flexibility index (Phi) is 6.65. The lowest BCUT2D eigenvalue weighted by molar-refractivity contribution is -0.124. The summed E-state index contributed by atoms with van der Waals surface area (Å²) in [6.45, 7) is 9.13. The molecule has 18 heavy (non-hydrogen) atoms. The molecule has 1 saturated heterocycles. The third-order valence-corrected chi connectivity index (χ3v) is 4.06. The maximum Gasteiger partial charge on any atom is 0.224 e. The molecule has 0 bridgehead atoms. The Hall–Kier alpha value is -0.610. The number of nitrogens with zero attached hydrogens (tertiary/aromatic N) is 1. The summed E-state index contributed by atoms with van der Waals surface area (Å²) in [5, 5.41) is 2.97. The third-order valence-electron chi connectivity index (χ3n) is 4.06. The Bertz CT molecular complexity index is 255. The average molecular weight is 255 g/mol.